The summed E-state index contributed by atoms with van der Waals surface area (Å²) in [4.78, 5) is 2.06. The largest absolute Gasteiger partial charge is 0.299 e. The van der Waals surface area contributed by atoms with Gasteiger partial charge in [0.1, 0.15) is 0 Å². The van der Waals surface area contributed by atoms with Gasteiger partial charge in [-0.2, -0.15) is 0 Å². The van der Waals surface area contributed by atoms with Crippen molar-refractivity contribution in [1.29, 1.82) is 0 Å². The van der Waals surface area contributed by atoms with Crippen LogP contribution in [0.25, 0.3) is 0 Å². The van der Waals surface area contributed by atoms with Crippen molar-refractivity contribution in [2.24, 2.45) is 0 Å². The fourth-order valence-electron chi connectivity index (χ4n) is 0.339. The molecule has 60 valence electrons. The Kier molecular flexibility index (Phi) is 13.9. The van der Waals surface area contributed by atoms with E-state index in [1.807, 2.05) is 27.9 Å². The summed E-state index contributed by atoms with van der Waals surface area (Å²) < 4.78 is 0. The van der Waals surface area contributed by atoms with Gasteiger partial charge in [0.2, 0.25) is 0 Å². The van der Waals surface area contributed by atoms with Crippen LogP contribution in [-0.4, -0.2) is 25.5 Å². The number of hydrogen-bond donors (Lipinski definition) is 0. The molecule has 0 fully saturated rings. The van der Waals surface area contributed by atoms with E-state index in [0.29, 0.717) is 0 Å². The van der Waals surface area contributed by atoms with Crippen LogP contribution in [0.1, 0.15) is 27.2 Å². The Morgan fingerprint density at radius 3 is 1.90 bits per heavy atom. The van der Waals surface area contributed by atoms with Crippen LogP contribution in [-0.2, 0) is 0 Å². The summed E-state index contributed by atoms with van der Waals surface area (Å²) in [6.45, 7) is 6.94. The Balaban J connectivity index is 0. The molecule has 1 nitrogen and oxygen atoms in total. The molecule has 0 unspecified atom stereocenters. The van der Waals surface area contributed by atoms with Crippen LogP contribution >= 0.6 is 0 Å². The smallest absolute Gasteiger partial charge is 0.0596 e. The minimum absolute atomic E-state index is 0.883. The molecule has 0 N–H and O–H groups in total. The summed E-state index contributed by atoms with van der Waals surface area (Å²) in [7, 11) is 4.04. The van der Waals surface area contributed by atoms with E-state index in [1.165, 1.54) is 0 Å². The molecule has 0 spiro atoms. The van der Waals surface area contributed by atoms with Crippen LogP contribution < -0.4 is 0 Å². The van der Waals surface area contributed by atoms with E-state index in [0.717, 1.165) is 13.0 Å². The van der Waals surface area contributed by atoms with Gasteiger partial charge in [0.15, 0.2) is 0 Å². The van der Waals surface area contributed by atoms with Crippen LogP contribution in [0.4, 0.5) is 0 Å². The predicted molar refractivity (Wildman–Crippen MR) is 48.0 cm³/mol. The first-order valence-corrected chi connectivity index (χ1v) is 3.87. The van der Waals surface area contributed by atoms with Crippen LogP contribution in [0, 0.1) is 11.8 Å². The van der Waals surface area contributed by atoms with E-state index in [1.54, 1.807) is 0 Å². The highest BCUT2D eigenvalue weighted by Gasteiger charge is 1.77. The molecular weight excluding hydrogens is 122 g/mol. The molecule has 0 saturated heterocycles. The Labute approximate surface area is 65.4 Å². The third kappa shape index (κ3) is 15.6. The molecule has 0 aromatic heterocycles. The Morgan fingerprint density at radius 2 is 1.60 bits per heavy atom. The first-order valence-electron chi connectivity index (χ1n) is 3.87. The lowest BCUT2D eigenvalue weighted by molar-refractivity contribution is 0.463. The molecule has 0 aliphatic heterocycles. The van der Waals surface area contributed by atoms with Gasteiger partial charge >= 0.3 is 0 Å². The standard InChI is InChI=1S/C7H13N.C2H6/c1-4-5-6-7-8(2)3;1-2/h4,7H2,1-3H3;1-2H3. The number of nitrogens with zero attached hydrogens (tertiary/aromatic N) is 1. The van der Waals surface area contributed by atoms with E-state index in [-0.39, 0.29) is 0 Å². The minimum Gasteiger partial charge on any atom is -0.299 e. The van der Waals surface area contributed by atoms with Gasteiger partial charge in [0.05, 0.1) is 6.54 Å². The van der Waals surface area contributed by atoms with Gasteiger partial charge in [0, 0.05) is 6.42 Å². The molecule has 0 aromatic carbocycles. The highest BCUT2D eigenvalue weighted by molar-refractivity contribution is 4.99. The molecule has 0 heterocycles. The zero-order chi connectivity index (χ0) is 8.41. The molecule has 0 saturated carbocycles. The van der Waals surface area contributed by atoms with Gasteiger partial charge < -0.3 is 0 Å². The topological polar surface area (TPSA) is 3.24 Å². The zero-order valence-electron chi connectivity index (χ0n) is 7.86. The Morgan fingerprint density at radius 1 is 1.10 bits per heavy atom. The van der Waals surface area contributed by atoms with E-state index in [2.05, 4.69) is 23.7 Å². The van der Waals surface area contributed by atoms with E-state index in [4.69, 9.17) is 0 Å². The van der Waals surface area contributed by atoms with Crippen molar-refractivity contribution in [2.45, 2.75) is 27.2 Å². The van der Waals surface area contributed by atoms with Crippen molar-refractivity contribution in [3.05, 3.63) is 0 Å². The summed E-state index contributed by atoms with van der Waals surface area (Å²) in [6, 6.07) is 0. The molecule has 0 amide bonds. The van der Waals surface area contributed by atoms with Crippen molar-refractivity contribution >= 4 is 0 Å². The number of rotatable bonds is 1. The molecule has 0 radical (unpaired) electrons. The lowest BCUT2D eigenvalue weighted by Gasteiger charge is -2.00. The monoisotopic (exact) mass is 141 g/mol. The molecule has 0 aliphatic carbocycles. The molecule has 0 aliphatic rings. The lowest BCUT2D eigenvalue weighted by atomic mass is 10.4. The van der Waals surface area contributed by atoms with E-state index < -0.39 is 0 Å². The summed E-state index contributed by atoms with van der Waals surface area (Å²) in [5.41, 5.74) is 0. The quantitative estimate of drug-likeness (QED) is 0.505. The summed E-state index contributed by atoms with van der Waals surface area (Å²) in [6.07, 6.45) is 0.966. The SMILES string of the molecule is CC.CCC#CCN(C)C. The van der Waals surface area contributed by atoms with Crippen molar-refractivity contribution < 1.29 is 0 Å². The van der Waals surface area contributed by atoms with Crippen LogP contribution in [0.3, 0.4) is 0 Å². The average Bonchev–Trinajstić information content (AvgIpc) is 1.92. The van der Waals surface area contributed by atoms with Crippen LogP contribution in [0.2, 0.25) is 0 Å². The first kappa shape index (κ1) is 12.2. The molecule has 0 bridgehead atoms. The third-order valence-corrected chi connectivity index (χ3v) is 0.697. The van der Waals surface area contributed by atoms with Gasteiger partial charge in [-0.15, -0.1) is 5.92 Å². The predicted octanol–water partition coefficient (Wildman–Crippen LogP) is 1.99. The Bertz CT molecular complexity index is 95.0. The lowest BCUT2D eigenvalue weighted by Crippen LogP contribution is -2.10. The second kappa shape index (κ2) is 11.3. The zero-order valence-corrected chi connectivity index (χ0v) is 7.86. The van der Waals surface area contributed by atoms with E-state index >= 15 is 0 Å². The molecule has 1 heteroatoms. The molecular formula is C9H19N. The normalized spacial score (nSPS) is 7.40. The van der Waals surface area contributed by atoms with Crippen molar-refractivity contribution in [1.82, 2.24) is 4.90 Å². The van der Waals surface area contributed by atoms with Crippen LogP contribution in [0.15, 0.2) is 0 Å². The molecule has 10 heavy (non-hydrogen) atoms. The summed E-state index contributed by atoms with van der Waals surface area (Å²) in [5, 5.41) is 0. The highest BCUT2D eigenvalue weighted by Crippen LogP contribution is 1.71. The van der Waals surface area contributed by atoms with Crippen molar-refractivity contribution in [3.63, 3.8) is 0 Å². The third-order valence-electron chi connectivity index (χ3n) is 0.697. The fraction of sp³-hybridized carbons (Fsp3) is 0.778. The summed E-state index contributed by atoms with van der Waals surface area (Å²) >= 11 is 0. The van der Waals surface area contributed by atoms with Gasteiger partial charge in [-0.1, -0.05) is 26.7 Å². The minimum atomic E-state index is 0.883. The van der Waals surface area contributed by atoms with Crippen LogP contribution in [0.5, 0.6) is 0 Å². The number of hydrogen-bond acceptors (Lipinski definition) is 1. The van der Waals surface area contributed by atoms with Crippen molar-refractivity contribution in [2.75, 3.05) is 20.6 Å². The maximum Gasteiger partial charge on any atom is 0.0596 e. The molecule has 0 aromatic rings. The van der Waals surface area contributed by atoms with Crippen molar-refractivity contribution in [3.8, 4) is 11.8 Å². The average molecular weight is 141 g/mol. The maximum absolute atomic E-state index is 3.01. The summed E-state index contributed by atoms with van der Waals surface area (Å²) in [5.74, 6) is 6.00. The Hall–Kier alpha value is -0.480. The van der Waals surface area contributed by atoms with Gasteiger partial charge in [-0.05, 0) is 14.1 Å². The molecule has 0 rings (SSSR count). The second-order valence-electron chi connectivity index (χ2n) is 1.94. The fourth-order valence-corrected chi connectivity index (χ4v) is 0.339. The molecule has 0 atom stereocenters. The van der Waals surface area contributed by atoms with Gasteiger partial charge in [0.25, 0.3) is 0 Å². The van der Waals surface area contributed by atoms with E-state index in [9.17, 15) is 0 Å². The maximum atomic E-state index is 3.01. The highest BCUT2D eigenvalue weighted by atomic mass is 15.0. The van der Waals surface area contributed by atoms with Gasteiger partial charge in [-0.3, -0.25) is 4.90 Å². The first-order chi connectivity index (χ1) is 4.77. The van der Waals surface area contributed by atoms with Gasteiger partial charge in [-0.25, -0.2) is 0 Å². The second-order valence-corrected chi connectivity index (χ2v) is 1.94.